The fraction of sp³-hybridized carbons (Fsp3) is 0.188. The van der Waals surface area contributed by atoms with E-state index in [1.807, 2.05) is 31.2 Å². The van der Waals surface area contributed by atoms with Crippen LogP contribution in [0.15, 0.2) is 42.5 Å². The van der Waals surface area contributed by atoms with E-state index >= 15 is 0 Å². The molecule has 0 saturated carbocycles. The number of carbonyl (C=O) groups is 1. The van der Waals surface area contributed by atoms with Gasteiger partial charge in [0, 0.05) is 5.69 Å². The molecular weight excluding hydrogens is 268 g/mol. The van der Waals surface area contributed by atoms with E-state index in [4.69, 9.17) is 15.2 Å². The summed E-state index contributed by atoms with van der Waals surface area (Å²) in [5.41, 5.74) is 8.42. The summed E-state index contributed by atoms with van der Waals surface area (Å²) in [5.74, 6) is 0.407. The number of methoxy groups -OCH3 is 1. The first-order valence-corrected chi connectivity index (χ1v) is 6.61. The number of hydrogen-bond acceptors (Lipinski definition) is 5. The van der Waals surface area contributed by atoms with Crippen molar-refractivity contribution >= 4 is 23.0 Å². The molecular formula is C16H18N2O3. The van der Waals surface area contributed by atoms with Gasteiger partial charge in [-0.3, -0.25) is 0 Å². The summed E-state index contributed by atoms with van der Waals surface area (Å²) in [4.78, 5) is 11.5. The zero-order valence-corrected chi connectivity index (χ0v) is 12.1. The molecule has 0 atom stereocenters. The monoisotopic (exact) mass is 286 g/mol. The normalized spacial score (nSPS) is 10.0. The number of nitrogen functional groups attached to an aromatic ring is 1. The standard InChI is InChI=1S/C16H18N2O3/c1-3-21-13-7-5-12(6-8-13)18-15-10-11(16(19)20-2)4-9-14(15)17/h4-10,18H,3,17H2,1-2H3. The van der Waals surface area contributed by atoms with Gasteiger partial charge in [-0.25, -0.2) is 4.79 Å². The summed E-state index contributed by atoms with van der Waals surface area (Å²) in [6.07, 6.45) is 0. The lowest BCUT2D eigenvalue weighted by molar-refractivity contribution is 0.0601. The highest BCUT2D eigenvalue weighted by Crippen LogP contribution is 2.26. The minimum atomic E-state index is -0.398. The van der Waals surface area contributed by atoms with Crippen molar-refractivity contribution in [2.75, 3.05) is 24.8 Å². The van der Waals surface area contributed by atoms with Gasteiger partial charge in [0.05, 0.1) is 30.7 Å². The fourth-order valence-electron chi connectivity index (χ4n) is 1.87. The Morgan fingerprint density at radius 3 is 2.52 bits per heavy atom. The third-order valence-corrected chi connectivity index (χ3v) is 2.92. The summed E-state index contributed by atoms with van der Waals surface area (Å²) in [5, 5.41) is 3.17. The lowest BCUT2D eigenvalue weighted by atomic mass is 10.1. The number of nitrogens with one attached hydrogen (secondary N) is 1. The molecule has 3 N–H and O–H groups in total. The molecule has 2 aromatic carbocycles. The smallest absolute Gasteiger partial charge is 0.337 e. The van der Waals surface area contributed by atoms with E-state index in [-0.39, 0.29) is 0 Å². The SMILES string of the molecule is CCOc1ccc(Nc2cc(C(=O)OC)ccc2N)cc1. The van der Waals surface area contributed by atoms with E-state index in [0.717, 1.165) is 11.4 Å². The van der Waals surface area contributed by atoms with Crippen molar-refractivity contribution in [1.29, 1.82) is 0 Å². The lowest BCUT2D eigenvalue weighted by Gasteiger charge is -2.11. The molecule has 0 bridgehead atoms. The molecule has 0 amide bonds. The number of anilines is 3. The van der Waals surface area contributed by atoms with E-state index < -0.39 is 5.97 Å². The van der Waals surface area contributed by atoms with Gasteiger partial charge < -0.3 is 20.5 Å². The van der Waals surface area contributed by atoms with Gasteiger partial charge in [0.25, 0.3) is 0 Å². The molecule has 0 radical (unpaired) electrons. The van der Waals surface area contributed by atoms with Crippen molar-refractivity contribution in [3.8, 4) is 5.75 Å². The molecule has 110 valence electrons. The van der Waals surface area contributed by atoms with E-state index in [1.54, 1.807) is 18.2 Å². The number of nitrogens with two attached hydrogens (primary N) is 1. The molecule has 2 rings (SSSR count). The molecule has 0 spiro atoms. The van der Waals surface area contributed by atoms with Gasteiger partial charge >= 0.3 is 5.97 Å². The lowest BCUT2D eigenvalue weighted by Crippen LogP contribution is -2.04. The van der Waals surface area contributed by atoms with Crippen LogP contribution in [0.2, 0.25) is 0 Å². The van der Waals surface area contributed by atoms with Crippen LogP contribution in [-0.4, -0.2) is 19.7 Å². The van der Waals surface area contributed by atoms with Gasteiger partial charge in [0.2, 0.25) is 0 Å². The van der Waals surface area contributed by atoms with Crippen LogP contribution in [-0.2, 0) is 4.74 Å². The van der Waals surface area contributed by atoms with Crippen LogP contribution in [0.1, 0.15) is 17.3 Å². The maximum Gasteiger partial charge on any atom is 0.337 e. The summed E-state index contributed by atoms with van der Waals surface area (Å²) >= 11 is 0. The highest BCUT2D eigenvalue weighted by atomic mass is 16.5. The van der Waals surface area contributed by atoms with Crippen molar-refractivity contribution in [3.05, 3.63) is 48.0 Å². The van der Waals surface area contributed by atoms with Crippen LogP contribution in [0.25, 0.3) is 0 Å². The van der Waals surface area contributed by atoms with E-state index in [1.165, 1.54) is 7.11 Å². The minimum Gasteiger partial charge on any atom is -0.494 e. The average molecular weight is 286 g/mol. The van der Waals surface area contributed by atoms with Gasteiger partial charge in [-0.2, -0.15) is 0 Å². The Hall–Kier alpha value is -2.69. The molecule has 0 aliphatic heterocycles. The first-order valence-electron chi connectivity index (χ1n) is 6.61. The Morgan fingerprint density at radius 1 is 1.19 bits per heavy atom. The van der Waals surface area contributed by atoms with Crippen molar-refractivity contribution in [1.82, 2.24) is 0 Å². The Morgan fingerprint density at radius 2 is 1.90 bits per heavy atom. The van der Waals surface area contributed by atoms with Gasteiger partial charge in [-0.15, -0.1) is 0 Å². The van der Waals surface area contributed by atoms with Gasteiger partial charge in [-0.05, 0) is 49.4 Å². The zero-order chi connectivity index (χ0) is 15.2. The van der Waals surface area contributed by atoms with E-state index in [2.05, 4.69) is 5.32 Å². The number of hydrogen-bond donors (Lipinski definition) is 2. The zero-order valence-electron chi connectivity index (χ0n) is 12.1. The summed E-state index contributed by atoms with van der Waals surface area (Å²) in [6.45, 7) is 2.56. The molecule has 0 aliphatic rings. The molecule has 0 aliphatic carbocycles. The molecule has 0 heterocycles. The predicted octanol–water partition coefficient (Wildman–Crippen LogP) is 3.20. The molecule has 0 unspecified atom stereocenters. The van der Waals surface area contributed by atoms with Crippen molar-refractivity contribution < 1.29 is 14.3 Å². The second-order valence-electron chi connectivity index (χ2n) is 4.38. The van der Waals surface area contributed by atoms with E-state index in [0.29, 0.717) is 23.5 Å². The molecule has 0 fully saturated rings. The molecule has 5 heteroatoms. The van der Waals surface area contributed by atoms with Crippen molar-refractivity contribution in [3.63, 3.8) is 0 Å². The molecule has 2 aromatic rings. The molecule has 0 aromatic heterocycles. The highest BCUT2D eigenvalue weighted by Gasteiger charge is 2.08. The van der Waals surface area contributed by atoms with Crippen LogP contribution < -0.4 is 15.8 Å². The van der Waals surface area contributed by atoms with Gasteiger partial charge in [-0.1, -0.05) is 0 Å². The second kappa shape index (κ2) is 6.65. The Balaban J connectivity index is 2.20. The van der Waals surface area contributed by atoms with E-state index in [9.17, 15) is 4.79 Å². The predicted molar refractivity (Wildman–Crippen MR) is 83.1 cm³/mol. The van der Waals surface area contributed by atoms with Gasteiger partial charge in [0.1, 0.15) is 5.75 Å². The highest BCUT2D eigenvalue weighted by molar-refractivity contribution is 5.92. The maximum absolute atomic E-state index is 11.5. The fourth-order valence-corrected chi connectivity index (χ4v) is 1.87. The van der Waals surface area contributed by atoms with Crippen molar-refractivity contribution in [2.45, 2.75) is 6.92 Å². The Bertz CT molecular complexity index is 624. The largest absolute Gasteiger partial charge is 0.494 e. The molecule has 5 nitrogen and oxygen atoms in total. The third-order valence-electron chi connectivity index (χ3n) is 2.92. The number of esters is 1. The Labute approximate surface area is 123 Å². The van der Waals surface area contributed by atoms with Crippen LogP contribution in [0, 0.1) is 0 Å². The van der Waals surface area contributed by atoms with Crippen molar-refractivity contribution in [2.24, 2.45) is 0 Å². The van der Waals surface area contributed by atoms with Crippen LogP contribution in [0.4, 0.5) is 17.1 Å². The summed E-state index contributed by atoms with van der Waals surface area (Å²) in [6, 6.07) is 12.5. The Kier molecular flexibility index (Phi) is 4.66. The average Bonchev–Trinajstić information content (AvgIpc) is 2.51. The number of ether oxygens (including phenoxy) is 2. The first kappa shape index (κ1) is 14.7. The molecule has 0 saturated heterocycles. The summed E-state index contributed by atoms with van der Waals surface area (Å²) in [7, 11) is 1.35. The second-order valence-corrected chi connectivity index (χ2v) is 4.38. The van der Waals surface area contributed by atoms with Crippen LogP contribution in [0.5, 0.6) is 5.75 Å². The number of benzene rings is 2. The number of rotatable bonds is 5. The first-order chi connectivity index (χ1) is 10.1. The van der Waals surface area contributed by atoms with Gasteiger partial charge in [0.15, 0.2) is 0 Å². The van der Waals surface area contributed by atoms with Crippen LogP contribution >= 0.6 is 0 Å². The van der Waals surface area contributed by atoms with Crippen LogP contribution in [0.3, 0.4) is 0 Å². The minimum absolute atomic E-state index is 0.398. The summed E-state index contributed by atoms with van der Waals surface area (Å²) < 4.78 is 10.1. The quantitative estimate of drug-likeness (QED) is 0.652. The topological polar surface area (TPSA) is 73.6 Å². The number of carbonyl (C=O) groups excluding carboxylic acids is 1. The molecule has 21 heavy (non-hydrogen) atoms. The maximum atomic E-state index is 11.5. The third kappa shape index (κ3) is 3.66.